The minimum atomic E-state index is -0.289. The Balaban J connectivity index is 1.76. The fourth-order valence-corrected chi connectivity index (χ4v) is 3.65. The van der Waals surface area contributed by atoms with Gasteiger partial charge in [0.1, 0.15) is 17.9 Å². The van der Waals surface area contributed by atoms with Crippen molar-refractivity contribution in [3.8, 4) is 22.8 Å². The molecule has 0 fully saturated rings. The summed E-state index contributed by atoms with van der Waals surface area (Å²) in [5, 5.41) is 5.47. The molecule has 3 heterocycles. The van der Waals surface area contributed by atoms with Gasteiger partial charge in [-0.25, -0.2) is 18.9 Å². The molecule has 6 nitrogen and oxygen atoms in total. The van der Waals surface area contributed by atoms with Crippen molar-refractivity contribution >= 4 is 16.7 Å². The lowest BCUT2D eigenvalue weighted by molar-refractivity contribution is 0.414. The summed E-state index contributed by atoms with van der Waals surface area (Å²) in [5.41, 5.74) is 5.40. The molecule has 0 N–H and O–H groups in total. The van der Waals surface area contributed by atoms with E-state index in [1.54, 1.807) is 30.1 Å². The summed E-state index contributed by atoms with van der Waals surface area (Å²) in [5.74, 6) is 1.03. The van der Waals surface area contributed by atoms with Crippen LogP contribution in [0.5, 0.6) is 5.75 Å². The number of ether oxygens (including phenoxy) is 1. The predicted octanol–water partition coefficient (Wildman–Crippen LogP) is 4.50. The highest BCUT2D eigenvalue weighted by Crippen LogP contribution is 2.31. The van der Waals surface area contributed by atoms with Crippen LogP contribution < -0.4 is 4.74 Å². The van der Waals surface area contributed by atoms with E-state index < -0.39 is 0 Å². The Morgan fingerprint density at radius 2 is 1.79 bits per heavy atom. The number of rotatable bonds is 3. The molecule has 29 heavy (non-hydrogen) atoms. The molecule has 3 aromatic heterocycles. The smallest absolute Gasteiger partial charge is 0.182 e. The first-order valence-corrected chi connectivity index (χ1v) is 9.20. The van der Waals surface area contributed by atoms with E-state index in [0.717, 1.165) is 44.9 Å². The van der Waals surface area contributed by atoms with E-state index in [4.69, 9.17) is 9.72 Å². The highest BCUT2D eigenvalue weighted by atomic mass is 19.1. The molecule has 0 amide bonds. The average Bonchev–Trinajstić information content (AvgIpc) is 3.28. The van der Waals surface area contributed by atoms with Gasteiger partial charge < -0.3 is 4.74 Å². The largest absolute Gasteiger partial charge is 0.497 e. The SMILES string of the molecule is COc1cccc(-n2c(C)c(C)c3c2ncn2nc(-c4ccc(F)cc4)nc32)c1. The molecule has 0 aliphatic heterocycles. The molecule has 7 heteroatoms. The Hall–Kier alpha value is -3.74. The molecule has 0 atom stereocenters. The Morgan fingerprint density at radius 1 is 1.00 bits per heavy atom. The van der Waals surface area contributed by atoms with Crippen LogP contribution in [0.25, 0.3) is 33.8 Å². The summed E-state index contributed by atoms with van der Waals surface area (Å²) in [4.78, 5) is 9.40. The number of aryl methyl sites for hydroxylation is 1. The van der Waals surface area contributed by atoms with Crippen molar-refractivity contribution in [2.45, 2.75) is 13.8 Å². The van der Waals surface area contributed by atoms with Gasteiger partial charge in [0.2, 0.25) is 0 Å². The van der Waals surface area contributed by atoms with Crippen LogP contribution in [0.1, 0.15) is 11.3 Å². The van der Waals surface area contributed by atoms with Gasteiger partial charge in [-0.1, -0.05) is 6.07 Å². The molecule has 0 unspecified atom stereocenters. The van der Waals surface area contributed by atoms with Crippen LogP contribution in [-0.4, -0.2) is 31.3 Å². The molecule has 0 bridgehead atoms. The molecule has 0 aliphatic rings. The normalized spacial score (nSPS) is 11.4. The zero-order valence-corrected chi connectivity index (χ0v) is 16.2. The maximum Gasteiger partial charge on any atom is 0.182 e. The van der Waals surface area contributed by atoms with Crippen LogP contribution in [0.3, 0.4) is 0 Å². The summed E-state index contributed by atoms with van der Waals surface area (Å²) in [7, 11) is 1.65. The van der Waals surface area contributed by atoms with E-state index in [2.05, 4.69) is 28.5 Å². The van der Waals surface area contributed by atoms with Crippen LogP contribution in [0.4, 0.5) is 4.39 Å². The predicted molar refractivity (Wildman–Crippen MR) is 109 cm³/mol. The van der Waals surface area contributed by atoms with Crippen LogP contribution in [0.2, 0.25) is 0 Å². The van der Waals surface area contributed by atoms with Crippen LogP contribution in [-0.2, 0) is 0 Å². The van der Waals surface area contributed by atoms with Crippen molar-refractivity contribution in [3.05, 3.63) is 71.9 Å². The van der Waals surface area contributed by atoms with Gasteiger partial charge in [0, 0.05) is 17.3 Å². The number of benzene rings is 2. The second-order valence-electron chi connectivity index (χ2n) is 6.90. The van der Waals surface area contributed by atoms with Crippen molar-refractivity contribution < 1.29 is 9.13 Å². The lowest BCUT2D eigenvalue weighted by Gasteiger charge is -2.09. The lowest BCUT2D eigenvalue weighted by Crippen LogP contribution is -1.99. The molecule has 144 valence electrons. The second kappa shape index (κ2) is 6.41. The summed E-state index contributed by atoms with van der Waals surface area (Å²) >= 11 is 0. The number of halogens is 1. The average molecular weight is 387 g/mol. The number of fused-ring (bicyclic) bond motifs is 3. The van der Waals surface area contributed by atoms with Crippen LogP contribution in [0, 0.1) is 19.7 Å². The molecule has 2 aromatic carbocycles. The third-order valence-electron chi connectivity index (χ3n) is 5.25. The number of aromatic nitrogens is 5. The van der Waals surface area contributed by atoms with E-state index in [-0.39, 0.29) is 5.82 Å². The molecule has 0 aliphatic carbocycles. The molecule has 0 saturated carbocycles. The third kappa shape index (κ3) is 2.66. The van der Waals surface area contributed by atoms with Crippen molar-refractivity contribution in [3.63, 3.8) is 0 Å². The van der Waals surface area contributed by atoms with Crippen molar-refractivity contribution in [1.82, 2.24) is 24.1 Å². The highest BCUT2D eigenvalue weighted by molar-refractivity contribution is 5.95. The minimum absolute atomic E-state index is 0.289. The summed E-state index contributed by atoms with van der Waals surface area (Å²) in [6.07, 6.45) is 1.66. The first-order valence-electron chi connectivity index (χ1n) is 9.20. The zero-order chi connectivity index (χ0) is 20.1. The highest BCUT2D eigenvalue weighted by Gasteiger charge is 2.19. The third-order valence-corrected chi connectivity index (χ3v) is 5.25. The van der Waals surface area contributed by atoms with Crippen LogP contribution in [0.15, 0.2) is 54.9 Å². The Kier molecular flexibility index (Phi) is 3.84. The second-order valence-corrected chi connectivity index (χ2v) is 6.90. The maximum absolute atomic E-state index is 13.3. The van der Waals surface area contributed by atoms with Gasteiger partial charge in [-0.2, -0.15) is 0 Å². The van der Waals surface area contributed by atoms with Gasteiger partial charge in [-0.3, -0.25) is 4.57 Å². The molecule has 5 rings (SSSR count). The van der Waals surface area contributed by atoms with Gasteiger partial charge in [0.05, 0.1) is 18.2 Å². The lowest BCUT2D eigenvalue weighted by atomic mass is 10.2. The molecule has 0 saturated heterocycles. The Labute approximate surface area is 166 Å². The standard InChI is InChI=1S/C22H18FN5O/c1-13-14(2)28(17-5-4-6-18(11-17)29-3)21-19(13)22-25-20(26-27(22)12-24-21)15-7-9-16(23)10-8-15/h4-12H,1-3H3. The van der Waals surface area contributed by atoms with Gasteiger partial charge in [-0.05, 0) is 55.8 Å². The van der Waals surface area contributed by atoms with E-state index >= 15 is 0 Å². The number of hydrogen-bond acceptors (Lipinski definition) is 4. The molecule has 0 radical (unpaired) electrons. The number of hydrogen-bond donors (Lipinski definition) is 0. The van der Waals surface area contributed by atoms with Crippen molar-refractivity contribution in [2.75, 3.05) is 7.11 Å². The Bertz CT molecular complexity index is 1370. The van der Waals surface area contributed by atoms with E-state index in [1.807, 2.05) is 24.3 Å². The number of nitrogens with zero attached hydrogens (tertiary/aromatic N) is 5. The first-order chi connectivity index (χ1) is 14.1. The quantitative estimate of drug-likeness (QED) is 0.457. The molecular formula is C22H18FN5O. The van der Waals surface area contributed by atoms with Crippen molar-refractivity contribution in [2.24, 2.45) is 0 Å². The van der Waals surface area contributed by atoms with Gasteiger partial charge in [0.25, 0.3) is 0 Å². The molecular weight excluding hydrogens is 369 g/mol. The van der Waals surface area contributed by atoms with Crippen molar-refractivity contribution in [1.29, 1.82) is 0 Å². The van der Waals surface area contributed by atoms with Gasteiger partial charge >= 0.3 is 0 Å². The fraction of sp³-hybridized carbons (Fsp3) is 0.136. The molecule has 0 spiro atoms. The van der Waals surface area contributed by atoms with E-state index in [0.29, 0.717) is 5.82 Å². The van der Waals surface area contributed by atoms with Gasteiger partial charge in [-0.15, -0.1) is 5.10 Å². The first kappa shape index (κ1) is 17.4. The van der Waals surface area contributed by atoms with E-state index in [9.17, 15) is 4.39 Å². The topological polar surface area (TPSA) is 57.2 Å². The summed E-state index contributed by atoms with van der Waals surface area (Å²) in [6, 6.07) is 14.0. The summed E-state index contributed by atoms with van der Waals surface area (Å²) in [6.45, 7) is 4.12. The number of methoxy groups -OCH3 is 1. The zero-order valence-electron chi connectivity index (χ0n) is 16.2. The fourth-order valence-electron chi connectivity index (χ4n) is 3.65. The minimum Gasteiger partial charge on any atom is -0.497 e. The Morgan fingerprint density at radius 3 is 2.55 bits per heavy atom. The summed E-state index contributed by atoms with van der Waals surface area (Å²) < 4.78 is 22.4. The van der Waals surface area contributed by atoms with Gasteiger partial charge in [0.15, 0.2) is 17.1 Å². The van der Waals surface area contributed by atoms with E-state index in [1.165, 1.54) is 12.1 Å². The molecule has 5 aromatic rings. The monoisotopic (exact) mass is 387 g/mol. The van der Waals surface area contributed by atoms with Crippen LogP contribution >= 0.6 is 0 Å². The maximum atomic E-state index is 13.3.